The molecule has 0 radical (unpaired) electrons. The van der Waals surface area contributed by atoms with Gasteiger partial charge in [0.15, 0.2) is 0 Å². The molecule has 2 fully saturated rings. The van der Waals surface area contributed by atoms with Crippen LogP contribution < -0.4 is 10.9 Å². The zero-order valence-electron chi connectivity index (χ0n) is 17.0. The quantitative estimate of drug-likeness (QED) is 0.542. The molecule has 0 bridgehead atoms. The van der Waals surface area contributed by atoms with Gasteiger partial charge in [0.05, 0.1) is 16.6 Å². The molecule has 0 spiro atoms. The van der Waals surface area contributed by atoms with Crippen molar-refractivity contribution < 1.29 is 9.53 Å². The molecule has 2 aliphatic heterocycles. The van der Waals surface area contributed by atoms with Crippen LogP contribution in [0.2, 0.25) is 0 Å². The number of hydrogen-bond acceptors (Lipinski definition) is 7. The molecule has 9 heteroatoms. The summed E-state index contributed by atoms with van der Waals surface area (Å²) >= 11 is 6.58. The van der Waals surface area contributed by atoms with E-state index in [9.17, 15) is 9.59 Å². The number of nitrogens with zero attached hydrogens (tertiary/aromatic N) is 3. The average molecular weight is 445 g/mol. The molecule has 158 valence electrons. The summed E-state index contributed by atoms with van der Waals surface area (Å²) in [6.07, 6.45) is 6.24. The molecule has 0 aliphatic carbocycles. The highest BCUT2D eigenvalue weighted by atomic mass is 32.2. The largest absolute Gasteiger partial charge is 0.376 e. The summed E-state index contributed by atoms with van der Waals surface area (Å²) in [4.78, 5) is 32.9. The highest BCUT2D eigenvalue weighted by Crippen LogP contribution is 2.33. The first-order valence-corrected chi connectivity index (χ1v) is 11.3. The van der Waals surface area contributed by atoms with Crippen molar-refractivity contribution in [3.63, 3.8) is 0 Å². The number of amides is 1. The number of fused-ring (bicyclic) bond motifs is 1. The highest BCUT2D eigenvalue weighted by molar-refractivity contribution is 8.26. The van der Waals surface area contributed by atoms with E-state index in [0.717, 1.165) is 31.4 Å². The van der Waals surface area contributed by atoms with Crippen LogP contribution in [0.5, 0.6) is 0 Å². The Labute approximate surface area is 184 Å². The number of carbonyl (C=O) groups is 1. The summed E-state index contributed by atoms with van der Waals surface area (Å²) in [6, 6.07) is 3.73. The van der Waals surface area contributed by atoms with Crippen LogP contribution in [0.15, 0.2) is 28.0 Å². The lowest BCUT2D eigenvalue weighted by atomic mass is 10.2. The van der Waals surface area contributed by atoms with Gasteiger partial charge in [0, 0.05) is 25.9 Å². The molecule has 4 heterocycles. The number of rotatable bonds is 6. The van der Waals surface area contributed by atoms with Crippen LogP contribution in [-0.2, 0) is 9.53 Å². The van der Waals surface area contributed by atoms with Crippen molar-refractivity contribution in [3.05, 3.63) is 44.7 Å². The van der Waals surface area contributed by atoms with Gasteiger partial charge in [-0.25, -0.2) is 4.98 Å². The molecule has 2 aliphatic rings. The number of aromatic nitrogens is 2. The molecule has 4 rings (SSSR count). The van der Waals surface area contributed by atoms with Crippen molar-refractivity contribution in [3.8, 4) is 0 Å². The van der Waals surface area contributed by atoms with Crippen LogP contribution in [0.25, 0.3) is 11.7 Å². The Bertz CT molecular complexity index is 1090. The van der Waals surface area contributed by atoms with Crippen molar-refractivity contribution >= 4 is 51.7 Å². The summed E-state index contributed by atoms with van der Waals surface area (Å²) < 4.78 is 7.73. The fourth-order valence-electron chi connectivity index (χ4n) is 3.64. The molecule has 0 saturated carbocycles. The van der Waals surface area contributed by atoms with Gasteiger partial charge in [-0.2, -0.15) is 0 Å². The standard InChI is InChI=1S/C21H24N4O3S2/c1-3-8-25-20(27)16(30-21(25)29)11-15-17(22-12-14-7-5-10-28-14)23-18-13(2)6-4-9-24(18)19(15)26/h4,6,9,11,14,22H,3,5,7-8,10,12H2,1-2H3/b16-11-/t14-/m0/s1. The SMILES string of the molecule is CCCN1C(=O)/C(=C/c2c(NC[C@@H]3CCCO3)nc3c(C)cccn3c2=O)SC1=S. The van der Waals surface area contributed by atoms with Gasteiger partial charge in [-0.3, -0.25) is 18.9 Å². The first-order chi connectivity index (χ1) is 14.5. The molecular formula is C21H24N4O3S2. The summed E-state index contributed by atoms with van der Waals surface area (Å²) in [5.74, 6) is 0.302. The minimum absolute atomic E-state index is 0.0951. The monoisotopic (exact) mass is 444 g/mol. The van der Waals surface area contributed by atoms with Crippen LogP contribution in [0, 0.1) is 6.92 Å². The van der Waals surface area contributed by atoms with Crippen LogP contribution in [0.1, 0.15) is 37.3 Å². The van der Waals surface area contributed by atoms with Gasteiger partial charge in [-0.05, 0) is 43.9 Å². The van der Waals surface area contributed by atoms with Crippen LogP contribution in [0.3, 0.4) is 0 Å². The average Bonchev–Trinajstić information content (AvgIpc) is 3.34. The van der Waals surface area contributed by atoms with Crippen molar-refractivity contribution in [2.45, 2.75) is 39.2 Å². The molecule has 1 atom stereocenters. The third kappa shape index (κ3) is 4.01. The second-order valence-electron chi connectivity index (χ2n) is 7.41. The zero-order valence-corrected chi connectivity index (χ0v) is 18.6. The van der Waals surface area contributed by atoms with E-state index in [2.05, 4.69) is 5.32 Å². The Balaban J connectivity index is 1.77. The maximum atomic E-state index is 13.3. The smallest absolute Gasteiger partial charge is 0.267 e. The molecule has 0 unspecified atom stereocenters. The van der Waals surface area contributed by atoms with Gasteiger partial charge in [0.1, 0.15) is 15.8 Å². The van der Waals surface area contributed by atoms with E-state index < -0.39 is 0 Å². The number of aryl methyl sites for hydroxylation is 1. The fraction of sp³-hybridized carbons (Fsp3) is 0.429. The number of anilines is 1. The number of thioether (sulfide) groups is 1. The second-order valence-corrected chi connectivity index (χ2v) is 9.09. The van der Waals surface area contributed by atoms with Gasteiger partial charge in [0.2, 0.25) is 0 Å². The highest BCUT2D eigenvalue weighted by Gasteiger charge is 2.32. The Hall–Kier alpha value is -2.23. The zero-order chi connectivity index (χ0) is 21.3. The maximum Gasteiger partial charge on any atom is 0.267 e. The van der Waals surface area contributed by atoms with Gasteiger partial charge in [-0.1, -0.05) is 37.0 Å². The van der Waals surface area contributed by atoms with E-state index in [1.165, 1.54) is 16.2 Å². The Kier molecular flexibility index (Phi) is 6.21. The number of thiocarbonyl (C=S) groups is 1. The number of pyridine rings is 1. The predicted molar refractivity (Wildman–Crippen MR) is 124 cm³/mol. The molecule has 7 nitrogen and oxygen atoms in total. The Morgan fingerprint density at radius 2 is 2.27 bits per heavy atom. The minimum Gasteiger partial charge on any atom is -0.376 e. The number of carbonyl (C=O) groups excluding carboxylic acids is 1. The molecule has 2 aromatic rings. The second kappa shape index (κ2) is 8.87. The van der Waals surface area contributed by atoms with Gasteiger partial charge in [-0.15, -0.1) is 0 Å². The first kappa shape index (κ1) is 21.0. The van der Waals surface area contributed by atoms with Crippen molar-refractivity contribution in [2.75, 3.05) is 25.0 Å². The summed E-state index contributed by atoms with van der Waals surface area (Å²) in [5.41, 5.74) is 1.62. The molecular weight excluding hydrogens is 420 g/mol. The lowest BCUT2D eigenvalue weighted by molar-refractivity contribution is -0.122. The molecule has 2 saturated heterocycles. The van der Waals surface area contributed by atoms with Gasteiger partial charge in [0.25, 0.3) is 11.5 Å². The summed E-state index contributed by atoms with van der Waals surface area (Å²) in [6.45, 7) is 5.80. The van der Waals surface area contributed by atoms with Crippen molar-refractivity contribution in [1.29, 1.82) is 0 Å². The molecule has 0 aromatic carbocycles. The van der Waals surface area contributed by atoms with Crippen LogP contribution in [0.4, 0.5) is 5.82 Å². The lowest BCUT2D eigenvalue weighted by Gasteiger charge is -2.15. The topological polar surface area (TPSA) is 75.9 Å². The third-order valence-corrected chi connectivity index (χ3v) is 6.58. The summed E-state index contributed by atoms with van der Waals surface area (Å²) in [7, 11) is 0. The predicted octanol–water partition coefficient (Wildman–Crippen LogP) is 3.21. The molecule has 2 aromatic heterocycles. The lowest BCUT2D eigenvalue weighted by Crippen LogP contribution is -2.28. The van der Waals surface area contributed by atoms with Gasteiger partial charge >= 0.3 is 0 Å². The van der Waals surface area contributed by atoms with E-state index in [0.29, 0.717) is 39.3 Å². The Morgan fingerprint density at radius 3 is 3.00 bits per heavy atom. The summed E-state index contributed by atoms with van der Waals surface area (Å²) in [5, 5.41) is 3.29. The number of ether oxygens (including phenoxy) is 1. The number of nitrogens with one attached hydrogen (secondary N) is 1. The fourth-order valence-corrected chi connectivity index (χ4v) is 4.93. The molecule has 1 amide bonds. The van der Waals surface area contributed by atoms with E-state index in [4.69, 9.17) is 21.9 Å². The van der Waals surface area contributed by atoms with E-state index in [1.807, 2.05) is 26.0 Å². The van der Waals surface area contributed by atoms with E-state index in [-0.39, 0.29) is 17.6 Å². The van der Waals surface area contributed by atoms with Crippen LogP contribution in [-0.4, -0.2) is 50.3 Å². The minimum atomic E-state index is -0.223. The van der Waals surface area contributed by atoms with Crippen molar-refractivity contribution in [2.24, 2.45) is 0 Å². The van der Waals surface area contributed by atoms with E-state index >= 15 is 0 Å². The molecule has 1 N–H and O–H groups in total. The van der Waals surface area contributed by atoms with Crippen LogP contribution >= 0.6 is 24.0 Å². The Morgan fingerprint density at radius 1 is 1.43 bits per heavy atom. The molecule has 30 heavy (non-hydrogen) atoms. The normalized spacial score (nSPS) is 20.7. The van der Waals surface area contributed by atoms with E-state index in [1.54, 1.807) is 17.2 Å². The van der Waals surface area contributed by atoms with Gasteiger partial charge < -0.3 is 10.1 Å². The van der Waals surface area contributed by atoms with Crippen molar-refractivity contribution in [1.82, 2.24) is 14.3 Å². The number of hydrogen-bond donors (Lipinski definition) is 1. The third-order valence-electron chi connectivity index (χ3n) is 5.20. The first-order valence-electron chi connectivity index (χ1n) is 10.1. The maximum absolute atomic E-state index is 13.3.